The first-order valence-corrected chi connectivity index (χ1v) is 9.24. The Morgan fingerprint density at radius 3 is 2.29 bits per heavy atom. The quantitative estimate of drug-likeness (QED) is 0.650. The summed E-state index contributed by atoms with van der Waals surface area (Å²) in [5.74, 6) is 0.314. The van der Waals surface area contributed by atoms with E-state index >= 15 is 0 Å². The Hall–Kier alpha value is -0.560. The van der Waals surface area contributed by atoms with E-state index in [9.17, 15) is 8.42 Å². The van der Waals surface area contributed by atoms with Gasteiger partial charge in [0.1, 0.15) is 4.90 Å². The number of hydrogen-bond acceptors (Lipinski definition) is 3. The maximum Gasteiger partial charge on any atom is 0.244 e. The van der Waals surface area contributed by atoms with Crippen molar-refractivity contribution in [2.45, 2.75) is 37.6 Å². The highest BCUT2D eigenvalue weighted by atomic mass is 35.5. The largest absolute Gasteiger partial charge is 0.349 e. The van der Waals surface area contributed by atoms with Gasteiger partial charge in [0.15, 0.2) is 0 Å². The molecule has 0 saturated heterocycles. The molecule has 0 aliphatic heterocycles. The zero-order chi connectivity index (χ0) is 16.0. The van der Waals surface area contributed by atoms with Crippen LogP contribution in [0, 0.1) is 0 Å². The first-order chi connectivity index (χ1) is 9.86. The highest BCUT2D eigenvalue weighted by molar-refractivity contribution is 7.89. The lowest BCUT2D eigenvalue weighted by Crippen LogP contribution is -2.37. The Bertz CT molecular complexity index is 519. The third kappa shape index (κ3) is 4.71. The highest BCUT2D eigenvalue weighted by Gasteiger charge is 2.25. The molecule has 0 aromatic carbocycles. The maximum atomic E-state index is 12.8. The molecule has 0 saturated carbocycles. The summed E-state index contributed by atoms with van der Waals surface area (Å²) >= 11 is 5.88. The van der Waals surface area contributed by atoms with Crippen molar-refractivity contribution in [2.24, 2.45) is 0 Å². The summed E-state index contributed by atoms with van der Waals surface area (Å²) in [6, 6.07) is 1.68. The fourth-order valence-electron chi connectivity index (χ4n) is 2.13. The summed E-state index contributed by atoms with van der Waals surface area (Å²) in [5, 5.41) is 0. The van der Waals surface area contributed by atoms with Crippen LogP contribution in [0.3, 0.4) is 0 Å². The fraction of sp³-hybridized carbons (Fsp3) is 0.714. The molecule has 21 heavy (non-hydrogen) atoms. The molecule has 0 aliphatic carbocycles. The number of hydrogen-bond donors (Lipinski definition) is 0. The molecule has 0 N–H and O–H groups in total. The van der Waals surface area contributed by atoms with Crippen LogP contribution in [0.2, 0.25) is 0 Å². The van der Waals surface area contributed by atoms with Gasteiger partial charge < -0.3 is 9.47 Å². The zero-order valence-electron chi connectivity index (χ0n) is 13.3. The average molecular weight is 336 g/mol. The summed E-state index contributed by atoms with van der Waals surface area (Å²) in [6.07, 6.45) is 2.48. The van der Waals surface area contributed by atoms with Crippen molar-refractivity contribution in [1.82, 2.24) is 13.8 Å². The molecule has 0 amide bonds. The van der Waals surface area contributed by atoms with Crippen LogP contribution < -0.4 is 0 Å². The lowest BCUT2D eigenvalue weighted by Gasteiger charge is -2.22. The first-order valence-electron chi connectivity index (χ1n) is 7.26. The first kappa shape index (κ1) is 18.5. The van der Waals surface area contributed by atoms with Gasteiger partial charge in [-0.05, 0) is 33.5 Å². The lowest BCUT2D eigenvalue weighted by atomic mass is 10.4. The molecule has 0 unspecified atom stereocenters. The molecule has 7 heteroatoms. The average Bonchev–Trinajstić information content (AvgIpc) is 2.86. The van der Waals surface area contributed by atoms with E-state index in [0.29, 0.717) is 37.0 Å². The SMILES string of the molecule is CCCN(CCN(C)C)S(=O)(=O)c1cc(CCl)n(CC)c1. The van der Waals surface area contributed by atoms with Crippen molar-refractivity contribution < 1.29 is 8.42 Å². The van der Waals surface area contributed by atoms with E-state index in [1.54, 1.807) is 16.6 Å². The number of sulfonamides is 1. The highest BCUT2D eigenvalue weighted by Crippen LogP contribution is 2.20. The molecule has 0 bridgehead atoms. The van der Waals surface area contributed by atoms with Gasteiger partial charge in [0.25, 0.3) is 0 Å². The molecule has 0 aliphatic rings. The van der Waals surface area contributed by atoms with Gasteiger partial charge >= 0.3 is 0 Å². The molecule has 1 aromatic heterocycles. The van der Waals surface area contributed by atoms with Crippen LogP contribution in [0.1, 0.15) is 26.0 Å². The van der Waals surface area contributed by atoms with Crippen LogP contribution in [0.5, 0.6) is 0 Å². The van der Waals surface area contributed by atoms with Crippen LogP contribution in [0.15, 0.2) is 17.2 Å². The Morgan fingerprint density at radius 1 is 1.19 bits per heavy atom. The van der Waals surface area contributed by atoms with E-state index in [1.165, 1.54) is 0 Å². The van der Waals surface area contributed by atoms with Gasteiger partial charge in [0.2, 0.25) is 10.0 Å². The number of rotatable bonds is 9. The fourth-order valence-corrected chi connectivity index (χ4v) is 3.95. The van der Waals surface area contributed by atoms with E-state index in [-0.39, 0.29) is 0 Å². The Balaban J connectivity index is 3.06. The third-order valence-electron chi connectivity index (χ3n) is 3.35. The van der Waals surface area contributed by atoms with Gasteiger partial charge in [-0.1, -0.05) is 6.92 Å². The number of aryl methyl sites for hydroxylation is 1. The molecule has 0 atom stereocenters. The monoisotopic (exact) mass is 335 g/mol. The van der Waals surface area contributed by atoms with E-state index in [2.05, 4.69) is 0 Å². The number of aromatic nitrogens is 1. The molecule has 0 fully saturated rings. The van der Waals surface area contributed by atoms with Crippen LogP contribution in [-0.2, 0) is 22.4 Å². The van der Waals surface area contributed by atoms with Crippen molar-refractivity contribution in [3.63, 3.8) is 0 Å². The molecule has 0 radical (unpaired) electrons. The number of likely N-dealkylation sites (N-methyl/N-ethyl adjacent to an activating group) is 1. The minimum Gasteiger partial charge on any atom is -0.349 e. The van der Waals surface area contributed by atoms with Gasteiger partial charge in [-0.2, -0.15) is 4.31 Å². The van der Waals surface area contributed by atoms with Crippen molar-refractivity contribution in [1.29, 1.82) is 0 Å². The van der Waals surface area contributed by atoms with Crippen LogP contribution >= 0.6 is 11.6 Å². The van der Waals surface area contributed by atoms with Gasteiger partial charge in [-0.15, -0.1) is 11.6 Å². The van der Waals surface area contributed by atoms with Crippen molar-refractivity contribution in [3.8, 4) is 0 Å². The number of nitrogens with zero attached hydrogens (tertiary/aromatic N) is 3. The zero-order valence-corrected chi connectivity index (χ0v) is 14.9. The van der Waals surface area contributed by atoms with Gasteiger partial charge in [0.05, 0.1) is 5.88 Å². The molecule has 122 valence electrons. The molecular formula is C14H26ClN3O2S. The maximum absolute atomic E-state index is 12.8. The summed E-state index contributed by atoms with van der Waals surface area (Å²) in [6.45, 7) is 6.40. The molecule has 0 spiro atoms. The number of alkyl halides is 1. The summed E-state index contributed by atoms with van der Waals surface area (Å²) in [7, 11) is 0.427. The van der Waals surface area contributed by atoms with E-state index in [4.69, 9.17) is 11.6 Å². The minimum atomic E-state index is -3.45. The smallest absolute Gasteiger partial charge is 0.244 e. The summed E-state index contributed by atoms with van der Waals surface area (Å²) in [4.78, 5) is 2.33. The second-order valence-electron chi connectivity index (χ2n) is 5.29. The van der Waals surface area contributed by atoms with Gasteiger partial charge in [0, 0.05) is 38.1 Å². The molecule has 5 nitrogen and oxygen atoms in total. The van der Waals surface area contributed by atoms with Gasteiger partial charge in [-0.3, -0.25) is 0 Å². The van der Waals surface area contributed by atoms with Crippen LogP contribution in [0.25, 0.3) is 0 Å². The molecule has 1 heterocycles. The topological polar surface area (TPSA) is 45.6 Å². The van der Waals surface area contributed by atoms with Crippen molar-refractivity contribution >= 4 is 21.6 Å². The predicted molar refractivity (Wildman–Crippen MR) is 87.3 cm³/mol. The van der Waals surface area contributed by atoms with E-state index in [1.807, 2.05) is 37.4 Å². The lowest BCUT2D eigenvalue weighted by molar-refractivity contribution is 0.333. The number of halogens is 1. The third-order valence-corrected chi connectivity index (χ3v) is 5.48. The van der Waals surface area contributed by atoms with E-state index in [0.717, 1.165) is 12.1 Å². The Kier molecular flexibility index (Phi) is 7.20. The van der Waals surface area contributed by atoms with E-state index < -0.39 is 10.0 Å². The van der Waals surface area contributed by atoms with Crippen LogP contribution in [-0.4, -0.2) is 55.9 Å². The van der Waals surface area contributed by atoms with Crippen molar-refractivity contribution in [3.05, 3.63) is 18.0 Å². The molecule has 1 aromatic rings. The second-order valence-corrected chi connectivity index (χ2v) is 7.50. The Labute approximate surface area is 133 Å². The van der Waals surface area contributed by atoms with Crippen molar-refractivity contribution in [2.75, 3.05) is 33.7 Å². The minimum absolute atomic E-state index is 0.314. The summed E-state index contributed by atoms with van der Waals surface area (Å²) in [5.41, 5.74) is 0.835. The standard InChI is InChI=1S/C14H26ClN3O2S/c1-5-7-18(9-8-16(3)4)21(19,20)14-10-13(11-15)17(6-2)12-14/h10,12H,5-9,11H2,1-4H3. The molecular weight excluding hydrogens is 310 g/mol. The van der Waals surface area contributed by atoms with Crippen LogP contribution in [0.4, 0.5) is 0 Å². The second kappa shape index (κ2) is 8.17. The summed E-state index contributed by atoms with van der Waals surface area (Å²) < 4.78 is 29.0. The molecule has 1 rings (SSSR count). The normalized spacial score (nSPS) is 12.5. The Morgan fingerprint density at radius 2 is 1.86 bits per heavy atom. The van der Waals surface area contributed by atoms with Gasteiger partial charge in [-0.25, -0.2) is 8.42 Å². The predicted octanol–water partition coefficient (Wildman–Crippen LogP) is 2.21.